The van der Waals surface area contributed by atoms with Gasteiger partial charge in [-0.1, -0.05) is 23.7 Å². The smallest absolute Gasteiger partial charge is 0.162 e. The minimum atomic E-state index is -1.05. The zero-order valence-electron chi connectivity index (χ0n) is 6.62. The summed E-state index contributed by atoms with van der Waals surface area (Å²) >= 11 is 5.67. The summed E-state index contributed by atoms with van der Waals surface area (Å²) in [5, 5.41) is 9.84. The van der Waals surface area contributed by atoms with Gasteiger partial charge in [0.25, 0.3) is 0 Å². The zero-order chi connectivity index (χ0) is 9.14. The molecule has 0 fully saturated rings. The molecule has 1 rings (SSSR count). The zero-order valence-corrected chi connectivity index (χ0v) is 7.38. The number of aliphatic hydroxyl groups excluding tert-OH is 1. The van der Waals surface area contributed by atoms with Crippen LogP contribution < -0.4 is 0 Å². The molecule has 1 N–H and O–H groups in total. The second-order valence-corrected chi connectivity index (χ2v) is 3.00. The van der Waals surface area contributed by atoms with Crippen molar-refractivity contribution in [3.8, 4) is 0 Å². The molecule has 0 amide bonds. The topological polar surface area (TPSA) is 37.3 Å². The Morgan fingerprint density at radius 2 is 2.25 bits per heavy atom. The summed E-state index contributed by atoms with van der Waals surface area (Å²) in [6.07, 6.45) is -1.05. The van der Waals surface area contributed by atoms with Crippen LogP contribution in [0, 0.1) is 0 Å². The van der Waals surface area contributed by atoms with Crippen LogP contribution >= 0.6 is 11.6 Å². The predicted molar refractivity (Wildman–Crippen MR) is 47.1 cm³/mol. The number of ketones is 1. The van der Waals surface area contributed by atoms with Gasteiger partial charge in [-0.15, -0.1) is 0 Å². The van der Waals surface area contributed by atoms with E-state index in [4.69, 9.17) is 11.6 Å². The molecule has 1 aromatic rings. The highest BCUT2D eigenvalue weighted by molar-refractivity contribution is 6.30. The van der Waals surface area contributed by atoms with Crippen molar-refractivity contribution in [3.63, 3.8) is 0 Å². The van der Waals surface area contributed by atoms with E-state index in [0.29, 0.717) is 10.6 Å². The number of carbonyl (C=O) groups is 1. The number of hydrogen-bond donors (Lipinski definition) is 1. The van der Waals surface area contributed by atoms with E-state index in [-0.39, 0.29) is 5.78 Å². The first-order valence-electron chi connectivity index (χ1n) is 3.55. The van der Waals surface area contributed by atoms with E-state index in [0.717, 1.165) is 0 Å². The first-order valence-corrected chi connectivity index (χ1v) is 3.93. The van der Waals surface area contributed by atoms with Gasteiger partial charge in [0.15, 0.2) is 5.78 Å². The minimum absolute atomic E-state index is 0.280. The molecule has 0 spiro atoms. The fourth-order valence-electron chi connectivity index (χ4n) is 0.911. The molecular weight excluding hydrogens is 176 g/mol. The number of carbonyl (C=O) groups excluding carboxylic acids is 1. The standard InChI is InChI=1S/C9H9ClO2/c1-6(11)9(12)7-3-2-4-8(10)5-7/h2-5,9,12H,1H3. The van der Waals surface area contributed by atoms with Crippen molar-refractivity contribution in [3.05, 3.63) is 34.9 Å². The lowest BCUT2D eigenvalue weighted by Crippen LogP contribution is -2.06. The Kier molecular flexibility index (Phi) is 2.84. The maximum absolute atomic E-state index is 10.8. The van der Waals surface area contributed by atoms with Gasteiger partial charge < -0.3 is 5.11 Å². The summed E-state index contributed by atoms with van der Waals surface area (Å²) in [5.74, 6) is -0.280. The number of aliphatic hydroxyl groups is 1. The van der Waals surface area contributed by atoms with E-state index in [1.807, 2.05) is 0 Å². The van der Waals surface area contributed by atoms with E-state index in [1.165, 1.54) is 6.92 Å². The summed E-state index contributed by atoms with van der Waals surface area (Å²) in [5.41, 5.74) is 0.537. The van der Waals surface area contributed by atoms with Crippen LogP contribution in [-0.4, -0.2) is 10.9 Å². The second-order valence-electron chi connectivity index (χ2n) is 2.57. The fraction of sp³-hybridized carbons (Fsp3) is 0.222. The van der Waals surface area contributed by atoms with Crippen LogP contribution in [0.4, 0.5) is 0 Å². The number of rotatable bonds is 2. The SMILES string of the molecule is CC(=O)C(O)c1cccc(Cl)c1. The van der Waals surface area contributed by atoms with Gasteiger partial charge in [0, 0.05) is 5.02 Å². The average Bonchev–Trinajstić information content (AvgIpc) is 2.03. The van der Waals surface area contributed by atoms with Gasteiger partial charge in [-0.2, -0.15) is 0 Å². The van der Waals surface area contributed by atoms with Crippen LogP contribution in [-0.2, 0) is 4.79 Å². The molecule has 0 aliphatic heterocycles. The van der Waals surface area contributed by atoms with Crippen molar-refractivity contribution >= 4 is 17.4 Å². The van der Waals surface area contributed by atoms with E-state index in [1.54, 1.807) is 24.3 Å². The second kappa shape index (κ2) is 3.70. The molecule has 0 radical (unpaired) electrons. The fourth-order valence-corrected chi connectivity index (χ4v) is 1.11. The third-order valence-corrected chi connectivity index (χ3v) is 1.78. The molecule has 1 aromatic carbocycles. The van der Waals surface area contributed by atoms with Gasteiger partial charge in [-0.3, -0.25) is 4.79 Å². The summed E-state index contributed by atoms with van der Waals surface area (Å²) < 4.78 is 0. The molecule has 0 aromatic heterocycles. The Hall–Kier alpha value is -0.860. The van der Waals surface area contributed by atoms with E-state index < -0.39 is 6.10 Å². The molecule has 2 nitrogen and oxygen atoms in total. The molecule has 1 atom stereocenters. The number of halogens is 1. The molecule has 64 valence electrons. The molecular formula is C9H9ClO2. The van der Waals surface area contributed by atoms with Crippen molar-refractivity contribution in [2.24, 2.45) is 0 Å². The lowest BCUT2D eigenvalue weighted by molar-refractivity contribution is -0.125. The molecule has 0 aliphatic carbocycles. The first kappa shape index (κ1) is 9.23. The van der Waals surface area contributed by atoms with Gasteiger partial charge in [0.2, 0.25) is 0 Å². The monoisotopic (exact) mass is 184 g/mol. The number of Topliss-reactive ketones (excluding diaryl/α,β-unsaturated/α-hetero) is 1. The van der Waals surface area contributed by atoms with Crippen LogP contribution in [0.25, 0.3) is 0 Å². The molecule has 0 bridgehead atoms. The highest BCUT2D eigenvalue weighted by atomic mass is 35.5. The van der Waals surface area contributed by atoms with Gasteiger partial charge >= 0.3 is 0 Å². The molecule has 1 unspecified atom stereocenters. The molecule has 0 saturated heterocycles. The van der Waals surface area contributed by atoms with Crippen molar-refractivity contribution in [1.82, 2.24) is 0 Å². The Morgan fingerprint density at radius 1 is 1.58 bits per heavy atom. The normalized spacial score (nSPS) is 12.6. The van der Waals surface area contributed by atoms with Crippen LogP contribution in [0.15, 0.2) is 24.3 Å². The Labute approximate surface area is 75.8 Å². The molecule has 3 heteroatoms. The van der Waals surface area contributed by atoms with Crippen LogP contribution in [0.5, 0.6) is 0 Å². The van der Waals surface area contributed by atoms with Crippen molar-refractivity contribution in [2.45, 2.75) is 13.0 Å². The van der Waals surface area contributed by atoms with Gasteiger partial charge in [0.05, 0.1) is 0 Å². The van der Waals surface area contributed by atoms with E-state index >= 15 is 0 Å². The molecule has 0 heterocycles. The predicted octanol–water partition coefficient (Wildman–Crippen LogP) is 1.96. The maximum Gasteiger partial charge on any atom is 0.162 e. The average molecular weight is 185 g/mol. The highest BCUT2D eigenvalue weighted by Gasteiger charge is 2.11. The highest BCUT2D eigenvalue weighted by Crippen LogP contribution is 2.17. The summed E-state index contributed by atoms with van der Waals surface area (Å²) in [7, 11) is 0. The third kappa shape index (κ3) is 2.06. The summed E-state index contributed by atoms with van der Waals surface area (Å²) in [6, 6.07) is 6.63. The third-order valence-electron chi connectivity index (χ3n) is 1.55. The maximum atomic E-state index is 10.8. The van der Waals surface area contributed by atoms with E-state index in [9.17, 15) is 9.90 Å². The number of benzene rings is 1. The minimum Gasteiger partial charge on any atom is -0.381 e. The largest absolute Gasteiger partial charge is 0.381 e. The van der Waals surface area contributed by atoms with E-state index in [2.05, 4.69) is 0 Å². The van der Waals surface area contributed by atoms with Crippen LogP contribution in [0.1, 0.15) is 18.6 Å². The Bertz CT molecular complexity index is 296. The first-order chi connectivity index (χ1) is 5.61. The Balaban J connectivity index is 2.95. The Morgan fingerprint density at radius 3 is 2.75 bits per heavy atom. The molecule has 0 aliphatic rings. The van der Waals surface area contributed by atoms with Gasteiger partial charge in [-0.05, 0) is 24.6 Å². The van der Waals surface area contributed by atoms with Gasteiger partial charge in [0.1, 0.15) is 6.10 Å². The van der Waals surface area contributed by atoms with Crippen molar-refractivity contribution < 1.29 is 9.90 Å². The lowest BCUT2D eigenvalue weighted by atomic mass is 10.1. The van der Waals surface area contributed by atoms with Crippen molar-refractivity contribution in [1.29, 1.82) is 0 Å². The molecule has 0 saturated carbocycles. The van der Waals surface area contributed by atoms with Crippen molar-refractivity contribution in [2.75, 3.05) is 0 Å². The summed E-state index contributed by atoms with van der Waals surface area (Å²) in [4.78, 5) is 10.8. The molecule has 12 heavy (non-hydrogen) atoms. The number of hydrogen-bond acceptors (Lipinski definition) is 2. The van der Waals surface area contributed by atoms with Crippen LogP contribution in [0.2, 0.25) is 5.02 Å². The lowest BCUT2D eigenvalue weighted by Gasteiger charge is -2.06. The van der Waals surface area contributed by atoms with Crippen LogP contribution in [0.3, 0.4) is 0 Å². The van der Waals surface area contributed by atoms with Gasteiger partial charge in [-0.25, -0.2) is 0 Å². The quantitative estimate of drug-likeness (QED) is 0.763. The summed E-state index contributed by atoms with van der Waals surface area (Å²) in [6.45, 7) is 1.34.